The summed E-state index contributed by atoms with van der Waals surface area (Å²) in [7, 11) is 0. The molecule has 1 aliphatic heterocycles. The van der Waals surface area contributed by atoms with Crippen LogP contribution in [0, 0.1) is 11.8 Å². The molecular formula is C12H22ClNO2. The van der Waals surface area contributed by atoms with Crippen LogP contribution in [0.4, 0.5) is 0 Å². The third-order valence-electron chi connectivity index (χ3n) is 3.57. The van der Waals surface area contributed by atoms with Crippen LogP contribution in [0.25, 0.3) is 0 Å². The molecule has 4 unspecified atom stereocenters. The Hall–Kier alpha value is -0.280. The van der Waals surface area contributed by atoms with E-state index in [4.69, 9.17) is 16.3 Å². The lowest BCUT2D eigenvalue weighted by Crippen LogP contribution is -2.41. The molecule has 1 aliphatic rings. The Morgan fingerprint density at radius 1 is 1.31 bits per heavy atom. The Morgan fingerprint density at radius 2 is 1.94 bits per heavy atom. The van der Waals surface area contributed by atoms with Gasteiger partial charge in [-0.2, -0.15) is 0 Å². The van der Waals surface area contributed by atoms with Gasteiger partial charge in [0.15, 0.2) is 0 Å². The molecule has 0 N–H and O–H groups in total. The van der Waals surface area contributed by atoms with Crippen molar-refractivity contribution in [3.63, 3.8) is 0 Å². The lowest BCUT2D eigenvalue weighted by molar-refractivity contribution is -0.137. The van der Waals surface area contributed by atoms with Crippen LogP contribution in [-0.4, -0.2) is 42.0 Å². The zero-order valence-electron chi connectivity index (χ0n) is 10.6. The molecule has 0 spiro atoms. The zero-order chi connectivity index (χ0) is 12.3. The molecule has 0 aromatic carbocycles. The third kappa shape index (κ3) is 2.69. The molecule has 4 atom stereocenters. The topological polar surface area (TPSA) is 29.5 Å². The van der Waals surface area contributed by atoms with E-state index in [0.29, 0.717) is 12.4 Å². The van der Waals surface area contributed by atoms with Gasteiger partial charge >= 0.3 is 0 Å². The molecule has 0 aromatic heterocycles. The Labute approximate surface area is 103 Å². The van der Waals surface area contributed by atoms with Gasteiger partial charge in [0.1, 0.15) is 0 Å². The highest BCUT2D eigenvalue weighted by atomic mass is 35.5. The van der Waals surface area contributed by atoms with Crippen LogP contribution in [0.2, 0.25) is 0 Å². The largest absolute Gasteiger partial charge is 0.374 e. The predicted octanol–water partition coefficient (Wildman–Crippen LogP) is 2.13. The number of rotatable bonds is 4. The zero-order valence-corrected chi connectivity index (χ0v) is 11.3. The van der Waals surface area contributed by atoms with Crippen molar-refractivity contribution in [1.82, 2.24) is 4.90 Å². The van der Waals surface area contributed by atoms with E-state index in [1.165, 1.54) is 0 Å². The van der Waals surface area contributed by atoms with Crippen LogP contribution >= 0.6 is 11.6 Å². The quantitative estimate of drug-likeness (QED) is 0.713. The third-order valence-corrected chi connectivity index (χ3v) is 3.74. The molecule has 0 radical (unpaired) electrons. The summed E-state index contributed by atoms with van der Waals surface area (Å²) in [6, 6.07) is 0. The van der Waals surface area contributed by atoms with Crippen LogP contribution in [0.5, 0.6) is 0 Å². The van der Waals surface area contributed by atoms with Crippen molar-refractivity contribution in [3.8, 4) is 0 Å². The first-order valence-electron chi connectivity index (χ1n) is 6.03. The minimum Gasteiger partial charge on any atom is -0.374 e. The van der Waals surface area contributed by atoms with E-state index in [2.05, 4.69) is 6.92 Å². The molecule has 94 valence electrons. The molecule has 0 bridgehead atoms. The smallest absolute Gasteiger partial charge is 0.228 e. The molecule has 16 heavy (non-hydrogen) atoms. The monoisotopic (exact) mass is 247 g/mol. The van der Waals surface area contributed by atoms with Gasteiger partial charge in [-0.05, 0) is 26.7 Å². The molecule has 0 aromatic rings. The molecule has 0 aliphatic carbocycles. The van der Waals surface area contributed by atoms with E-state index in [9.17, 15) is 4.79 Å². The van der Waals surface area contributed by atoms with Gasteiger partial charge in [-0.25, -0.2) is 0 Å². The van der Waals surface area contributed by atoms with Gasteiger partial charge < -0.3 is 9.64 Å². The van der Waals surface area contributed by atoms with E-state index >= 15 is 0 Å². The highest BCUT2D eigenvalue weighted by Gasteiger charge is 2.42. The SMILES string of the molecule is CCN(CCCl)C(=O)C1C(C)OC(C)C1C. The number of hydrogen-bond donors (Lipinski definition) is 0. The number of carbonyl (C=O) groups excluding carboxylic acids is 1. The van der Waals surface area contributed by atoms with E-state index in [-0.39, 0.29) is 30.0 Å². The van der Waals surface area contributed by atoms with Crippen LogP contribution < -0.4 is 0 Å². The number of halogens is 1. The number of alkyl halides is 1. The molecule has 1 rings (SSSR count). The fraction of sp³-hybridized carbons (Fsp3) is 0.917. The van der Waals surface area contributed by atoms with Gasteiger partial charge in [0.05, 0.1) is 18.1 Å². The summed E-state index contributed by atoms with van der Waals surface area (Å²) in [6.07, 6.45) is 0.181. The second-order valence-corrected chi connectivity index (χ2v) is 4.92. The van der Waals surface area contributed by atoms with Crippen LogP contribution in [0.1, 0.15) is 27.7 Å². The predicted molar refractivity (Wildman–Crippen MR) is 65.6 cm³/mol. The van der Waals surface area contributed by atoms with Crippen molar-refractivity contribution in [2.24, 2.45) is 11.8 Å². The highest BCUT2D eigenvalue weighted by Crippen LogP contribution is 2.33. The fourth-order valence-electron chi connectivity index (χ4n) is 2.43. The van der Waals surface area contributed by atoms with Gasteiger partial charge in [0.25, 0.3) is 0 Å². The van der Waals surface area contributed by atoms with Crippen molar-refractivity contribution < 1.29 is 9.53 Å². The first-order valence-corrected chi connectivity index (χ1v) is 6.56. The average molecular weight is 248 g/mol. The lowest BCUT2D eigenvalue weighted by Gasteiger charge is -2.26. The van der Waals surface area contributed by atoms with Gasteiger partial charge in [-0.3, -0.25) is 4.79 Å². The number of carbonyl (C=O) groups is 1. The minimum absolute atomic E-state index is 0.0156. The molecule has 3 nitrogen and oxygen atoms in total. The molecule has 1 saturated heterocycles. The standard InChI is InChI=1S/C12H22ClNO2/c1-5-14(7-6-13)12(15)11-8(2)9(3)16-10(11)4/h8-11H,5-7H2,1-4H3. The second-order valence-electron chi connectivity index (χ2n) is 4.54. The normalized spacial score (nSPS) is 34.1. The van der Waals surface area contributed by atoms with E-state index in [0.717, 1.165) is 6.54 Å². The van der Waals surface area contributed by atoms with E-state index < -0.39 is 0 Å². The fourth-order valence-corrected chi connectivity index (χ4v) is 2.63. The van der Waals surface area contributed by atoms with Crippen molar-refractivity contribution in [1.29, 1.82) is 0 Å². The van der Waals surface area contributed by atoms with Crippen LogP contribution in [0.15, 0.2) is 0 Å². The van der Waals surface area contributed by atoms with Gasteiger partial charge in [-0.1, -0.05) is 6.92 Å². The molecule has 4 heteroatoms. The molecule has 0 saturated carbocycles. The van der Waals surface area contributed by atoms with Crippen molar-refractivity contribution in [2.75, 3.05) is 19.0 Å². The summed E-state index contributed by atoms with van der Waals surface area (Å²) in [4.78, 5) is 14.1. The van der Waals surface area contributed by atoms with Crippen molar-refractivity contribution in [2.45, 2.75) is 39.9 Å². The molecule has 1 heterocycles. The van der Waals surface area contributed by atoms with Gasteiger partial charge in [0, 0.05) is 19.0 Å². The number of amides is 1. The number of hydrogen-bond acceptors (Lipinski definition) is 2. The van der Waals surface area contributed by atoms with Crippen LogP contribution in [0.3, 0.4) is 0 Å². The average Bonchev–Trinajstić information content (AvgIpc) is 2.49. The molecular weight excluding hydrogens is 226 g/mol. The van der Waals surface area contributed by atoms with Crippen LogP contribution in [-0.2, 0) is 9.53 Å². The maximum atomic E-state index is 12.3. The van der Waals surface area contributed by atoms with E-state index in [1.807, 2.05) is 25.7 Å². The first kappa shape index (κ1) is 13.8. The Balaban J connectivity index is 2.71. The summed E-state index contributed by atoms with van der Waals surface area (Å²) < 4.78 is 5.70. The summed E-state index contributed by atoms with van der Waals surface area (Å²) in [5.74, 6) is 0.948. The summed E-state index contributed by atoms with van der Waals surface area (Å²) in [5, 5.41) is 0. The maximum Gasteiger partial charge on any atom is 0.228 e. The molecule has 1 fully saturated rings. The summed E-state index contributed by atoms with van der Waals surface area (Å²) in [6.45, 7) is 9.44. The minimum atomic E-state index is -0.0156. The second kappa shape index (κ2) is 5.87. The van der Waals surface area contributed by atoms with Gasteiger partial charge in [-0.15, -0.1) is 11.6 Å². The Morgan fingerprint density at radius 3 is 2.31 bits per heavy atom. The Bertz CT molecular complexity index is 247. The highest BCUT2D eigenvalue weighted by molar-refractivity contribution is 6.18. The summed E-state index contributed by atoms with van der Waals surface area (Å²) >= 11 is 5.70. The first-order chi connectivity index (χ1) is 7.52. The summed E-state index contributed by atoms with van der Waals surface area (Å²) in [5.41, 5.74) is 0. The lowest BCUT2D eigenvalue weighted by atomic mass is 9.88. The number of nitrogens with zero attached hydrogens (tertiary/aromatic N) is 1. The maximum absolute atomic E-state index is 12.3. The van der Waals surface area contributed by atoms with Gasteiger partial charge in [0.2, 0.25) is 5.91 Å². The Kier molecular flexibility index (Phi) is 5.06. The number of ether oxygens (including phenoxy) is 1. The van der Waals surface area contributed by atoms with Crippen molar-refractivity contribution >= 4 is 17.5 Å². The van der Waals surface area contributed by atoms with Crippen molar-refractivity contribution in [3.05, 3.63) is 0 Å². The molecule has 1 amide bonds. The van der Waals surface area contributed by atoms with E-state index in [1.54, 1.807) is 0 Å².